The molecule has 53 heavy (non-hydrogen) atoms. The van der Waals surface area contributed by atoms with Crippen LogP contribution in [0.1, 0.15) is 108 Å². The normalized spacial score (nSPS) is 22.3. The molecular weight excluding hydrogens is 669 g/mol. The second-order valence-electron chi connectivity index (χ2n) is 18.4. The number of aryl methyl sites for hydroxylation is 2. The molecule has 0 spiro atoms. The number of hydrogen-bond acceptors (Lipinski definition) is 10. The number of nitrogens with one attached hydrogen (secondary N) is 2. The average Bonchev–Trinajstić information content (AvgIpc) is 3.68. The van der Waals surface area contributed by atoms with Crippen LogP contribution >= 0.6 is 0 Å². The summed E-state index contributed by atoms with van der Waals surface area (Å²) in [4.78, 5) is 16.2. The van der Waals surface area contributed by atoms with Gasteiger partial charge in [0, 0.05) is 61.9 Å². The first kappa shape index (κ1) is 41.3. The SMILES string of the molecule is COC(CCn1cccc1-c1nc(-c2cccn2CCC(OC)C2CC(C)(C)NC(C)(C)C2)nc(N(C(C)O)C(C)O)n1)C1CC(C)(C)NC(C)(C)C1. The van der Waals surface area contributed by atoms with E-state index in [9.17, 15) is 10.2 Å². The Kier molecular flexibility index (Phi) is 12.5. The molecule has 2 aliphatic rings. The first-order chi connectivity index (χ1) is 24.7. The molecule has 0 saturated carbocycles. The van der Waals surface area contributed by atoms with Crippen molar-refractivity contribution in [2.24, 2.45) is 11.8 Å². The lowest BCUT2D eigenvalue weighted by Crippen LogP contribution is -2.59. The fourth-order valence-electron chi connectivity index (χ4n) is 9.93. The molecule has 4 unspecified atom stereocenters. The number of nitrogens with zero attached hydrogens (tertiary/aromatic N) is 6. The summed E-state index contributed by atoms with van der Waals surface area (Å²) in [6, 6.07) is 8.05. The lowest BCUT2D eigenvalue weighted by molar-refractivity contribution is -0.00829. The summed E-state index contributed by atoms with van der Waals surface area (Å²) in [7, 11) is 3.65. The third kappa shape index (κ3) is 10.3. The minimum atomic E-state index is -1.03. The zero-order chi connectivity index (χ0) is 38.9. The third-order valence-corrected chi connectivity index (χ3v) is 11.2. The number of rotatable bonds is 15. The topological polar surface area (TPSA) is 135 Å². The van der Waals surface area contributed by atoms with Gasteiger partial charge in [0.1, 0.15) is 12.5 Å². The molecule has 2 aliphatic heterocycles. The van der Waals surface area contributed by atoms with Gasteiger partial charge in [-0.25, -0.2) is 4.98 Å². The van der Waals surface area contributed by atoms with Crippen molar-refractivity contribution in [2.75, 3.05) is 19.1 Å². The van der Waals surface area contributed by atoms with Crippen LogP contribution in [0.25, 0.3) is 23.0 Å². The fraction of sp³-hybridized carbons (Fsp3) is 0.732. The molecule has 0 radical (unpaired) electrons. The Bertz CT molecular complexity index is 1500. The molecule has 2 saturated heterocycles. The van der Waals surface area contributed by atoms with E-state index in [1.54, 1.807) is 13.8 Å². The quantitative estimate of drug-likeness (QED) is 0.133. The van der Waals surface area contributed by atoms with E-state index in [4.69, 9.17) is 24.4 Å². The van der Waals surface area contributed by atoms with Gasteiger partial charge in [-0.1, -0.05) is 0 Å². The van der Waals surface area contributed by atoms with E-state index in [-0.39, 0.29) is 40.3 Å². The molecular formula is C41H68N8O4. The largest absolute Gasteiger partial charge is 0.381 e. The van der Waals surface area contributed by atoms with Crippen LogP contribution in [-0.4, -0.2) is 95.3 Å². The molecule has 0 aliphatic carbocycles. The van der Waals surface area contributed by atoms with E-state index < -0.39 is 12.5 Å². The minimum Gasteiger partial charge on any atom is -0.381 e. The second-order valence-corrected chi connectivity index (χ2v) is 18.4. The maximum absolute atomic E-state index is 10.7. The lowest BCUT2D eigenvalue weighted by Gasteiger charge is -2.48. The lowest BCUT2D eigenvalue weighted by atomic mass is 9.73. The predicted octanol–water partition coefficient (Wildman–Crippen LogP) is 6.22. The van der Waals surface area contributed by atoms with Crippen LogP contribution < -0.4 is 15.5 Å². The minimum absolute atomic E-state index is 0.0301. The van der Waals surface area contributed by atoms with E-state index in [1.807, 2.05) is 38.5 Å². The van der Waals surface area contributed by atoms with E-state index in [0.717, 1.165) is 63.0 Å². The summed E-state index contributed by atoms with van der Waals surface area (Å²) >= 11 is 0. The number of hydrogen-bond donors (Lipinski definition) is 4. The third-order valence-electron chi connectivity index (χ3n) is 11.2. The van der Waals surface area contributed by atoms with Crippen molar-refractivity contribution < 1.29 is 19.7 Å². The average molecular weight is 737 g/mol. The highest BCUT2D eigenvalue weighted by Gasteiger charge is 2.42. The fourth-order valence-corrected chi connectivity index (χ4v) is 9.93. The Labute approximate surface area is 318 Å². The van der Waals surface area contributed by atoms with Gasteiger partial charge in [-0.05, 0) is 144 Å². The number of anilines is 1. The number of piperidine rings is 2. The maximum atomic E-state index is 10.7. The monoisotopic (exact) mass is 737 g/mol. The van der Waals surface area contributed by atoms with Crippen molar-refractivity contribution in [1.29, 1.82) is 0 Å². The van der Waals surface area contributed by atoms with Gasteiger partial charge in [-0.15, -0.1) is 0 Å². The van der Waals surface area contributed by atoms with Crippen molar-refractivity contribution in [2.45, 2.75) is 168 Å². The van der Waals surface area contributed by atoms with Gasteiger partial charge in [0.05, 0.1) is 23.6 Å². The zero-order valence-electron chi connectivity index (χ0n) is 34.5. The standard InChI is InChI=1S/C41H68N8O4/c1-27(50)49(28(2)51)37-43-35(31-15-13-19-47(31)21-17-33(52-11)29-23-38(3,4)45-39(5,6)24-29)42-36(44-37)32-16-14-20-48(32)22-18-34(53-12)30-25-40(7,8)46-41(9,10)26-30/h13-16,19-20,27-30,33-34,45-46,50-51H,17-18,21-26H2,1-12H3. The van der Waals surface area contributed by atoms with Crippen LogP contribution in [0.3, 0.4) is 0 Å². The number of aliphatic hydroxyl groups is 2. The summed E-state index contributed by atoms with van der Waals surface area (Å²) in [5, 5.41) is 29.1. The van der Waals surface area contributed by atoms with E-state index in [0.29, 0.717) is 23.5 Å². The highest BCUT2D eigenvalue weighted by Crippen LogP contribution is 2.38. The van der Waals surface area contributed by atoms with Crippen LogP contribution in [0.4, 0.5) is 5.95 Å². The molecule has 0 amide bonds. The Balaban J connectivity index is 1.43. The summed E-state index contributed by atoms with van der Waals surface area (Å²) in [5.74, 6) is 2.00. The Morgan fingerprint density at radius 1 is 0.679 bits per heavy atom. The van der Waals surface area contributed by atoms with Crippen molar-refractivity contribution >= 4 is 5.95 Å². The molecule has 296 valence electrons. The second kappa shape index (κ2) is 16.1. The Hall–Kier alpha value is -2.87. The number of aliphatic hydroxyl groups excluding tert-OH is 2. The Morgan fingerprint density at radius 2 is 1.04 bits per heavy atom. The summed E-state index contributed by atoms with van der Waals surface area (Å²) in [5.41, 5.74) is 1.79. The van der Waals surface area contributed by atoms with Gasteiger partial charge in [-0.2, -0.15) is 9.97 Å². The maximum Gasteiger partial charge on any atom is 0.233 e. The van der Waals surface area contributed by atoms with Crippen molar-refractivity contribution in [1.82, 2.24) is 34.7 Å². The molecule has 5 heterocycles. The van der Waals surface area contributed by atoms with Gasteiger partial charge < -0.3 is 39.5 Å². The van der Waals surface area contributed by atoms with E-state index in [1.165, 1.54) is 4.90 Å². The highest BCUT2D eigenvalue weighted by atomic mass is 16.5. The highest BCUT2D eigenvalue weighted by molar-refractivity contribution is 5.60. The molecule has 3 aromatic rings. The predicted molar refractivity (Wildman–Crippen MR) is 211 cm³/mol. The first-order valence-electron chi connectivity index (χ1n) is 19.6. The van der Waals surface area contributed by atoms with E-state index >= 15 is 0 Å². The van der Waals surface area contributed by atoms with Crippen molar-refractivity contribution in [3.63, 3.8) is 0 Å². The molecule has 0 aromatic carbocycles. The number of methoxy groups -OCH3 is 2. The van der Waals surface area contributed by atoms with Crippen molar-refractivity contribution in [3.8, 4) is 23.0 Å². The first-order valence-corrected chi connectivity index (χ1v) is 19.6. The zero-order valence-corrected chi connectivity index (χ0v) is 34.5. The number of aromatic nitrogens is 5. The van der Waals surface area contributed by atoms with Crippen LogP contribution in [0, 0.1) is 11.8 Å². The van der Waals surface area contributed by atoms with Gasteiger partial charge in [0.2, 0.25) is 5.95 Å². The smallest absolute Gasteiger partial charge is 0.233 e. The van der Waals surface area contributed by atoms with Crippen LogP contribution in [0.5, 0.6) is 0 Å². The van der Waals surface area contributed by atoms with Gasteiger partial charge in [-0.3, -0.25) is 4.90 Å². The molecule has 3 aromatic heterocycles. The van der Waals surface area contributed by atoms with Crippen LogP contribution in [0.2, 0.25) is 0 Å². The number of ether oxygens (including phenoxy) is 2. The summed E-state index contributed by atoms with van der Waals surface area (Å²) in [6.45, 7) is 22.9. The van der Waals surface area contributed by atoms with Crippen LogP contribution in [-0.2, 0) is 22.6 Å². The van der Waals surface area contributed by atoms with Crippen molar-refractivity contribution in [3.05, 3.63) is 36.7 Å². The molecule has 4 N–H and O–H groups in total. The molecule has 12 nitrogen and oxygen atoms in total. The molecule has 4 atom stereocenters. The molecule has 0 bridgehead atoms. The van der Waals surface area contributed by atoms with Gasteiger partial charge in [0.25, 0.3) is 0 Å². The van der Waals surface area contributed by atoms with E-state index in [2.05, 4.69) is 87.6 Å². The molecule has 5 rings (SSSR count). The Morgan fingerprint density at radius 3 is 1.36 bits per heavy atom. The van der Waals surface area contributed by atoms with Crippen LogP contribution in [0.15, 0.2) is 36.7 Å². The summed E-state index contributed by atoms with van der Waals surface area (Å²) in [6.07, 6.45) is 8.08. The molecule has 2 fully saturated rings. The molecule has 12 heteroatoms. The summed E-state index contributed by atoms with van der Waals surface area (Å²) < 4.78 is 16.6. The van der Waals surface area contributed by atoms with Gasteiger partial charge >= 0.3 is 0 Å². The van der Waals surface area contributed by atoms with Gasteiger partial charge in [0.15, 0.2) is 11.6 Å².